The zero-order valence-corrected chi connectivity index (χ0v) is 14.9. The fourth-order valence-corrected chi connectivity index (χ4v) is 2.93. The van der Waals surface area contributed by atoms with Gasteiger partial charge in [-0.3, -0.25) is 4.79 Å². The lowest BCUT2D eigenvalue weighted by Crippen LogP contribution is -2.59. The number of allylic oxidation sites excluding steroid dienone is 3. The van der Waals surface area contributed by atoms with Crippen LogP contribution in [0.1, 0.15) is 67.7 Å². The molecule has 0 unspecified atom stereocenters. The van der Waals surface area contributed by atoms with E-state index in [0.29, 0.717) is 0 Å². The monoisotopic (exact) mass is 307 g/mol. The molecule has 0 spiro atoms. The predicted molar refractivity (Wildman–Crippen MR) is 88.1 cm³/mol. The highest BCUT2D eigenvalue weighted by Gasteiger charge is 2.44. The number of carbonyl (C=O) groups excluding carboxylic acids is 2. The van der Waals surface area contributed by atoms with Crippen molar-refractivity contribution in [2.45, 2.75) is 78.8 Å². The summed E-state index contributed by atoms with van der Waals surface area (Å²) in [6.07, 6.45) is 6.31. The molecule has 0 atom stereocenters. The molecule has 1 aliphatic rings. The number of hydrogen-bond acceptors (Lipinski definition) is 4. The summed E-state index contributed by atoms with van der Waals surface area (Å²) in [7, 11) is 0. The zero-order chi connectivity index (χ0) is 17.1. The summed E-state index contributed by atoms with van der Waals surface area (Å²) in [6, 6.07) is 0. The molecule has 0 saturated carbocycles. The Hall–Kier alpha value is -1.42. The number of nitrogens with zero attached hydrogens (tertiary/aromatic N) is 1. The number of hydroxylamine groups is 2. The van der Waals surface area contributed by atoms with Gasteiger partial charge in [0.1, 0.15) is 5.57 Å². The summed E-state index contributed by atoms with van der Waals surface area (Å²) in [4.78, 5) is 29.9. The van der Waals surface area contributed by atoms with Crippen LogP contribution >= 0.6 is 0 Å². The molecule has 1 heterocycles. The fraction of sp³-hybridized carbons (Fsp3) is 0.667. The van der Waals surface area contributed by atoms with E-state index in [1.165, 1.54) is 6.92 Å². The predicted octanol–water partition coefficient (Wildman–Crippen LogP) is 3.97. The Balaban J connectivity index is 3.04. The topological polar surface area (TPSA) is 46.6 Å². The third-order valence-corrected chi connectivity index (χ3v) is 4.03. The van der Waals surface area contributed by atoms with E-state index in [2.05, 4.69) is 27.7 Å². The Labute approximate surface area is 134 Å². The number of ketones is 1. The van der Waals surface area contributed by atoms with E-state index in [1.807, 2.05) is 13.8 Å². The van der Waals surface area contributed by atoms with E-state index in [4.69, 9.17) is 4.84 Å². The van der Waals surface area contributed by atoms with Crippen molar-refractivity contribution in [3.8, 4) is 0 Å². The molecule has 4 nitrogen and oxygen atoms in total. The highest BCUT2D eigenvalue weighted by atomic mass is 16.7. The van der Waals surface area contributed by atoms with Gasteiger partial charge in [-0.2, -0.15) is 0 Å². The summed E-state index contributed by atoms with van der Waals surface area (Å²) < 4.78 is 0. The van der Waals surface area contributed by atoms with Crippen molar-refractivity contribution in [3.05, 3.63) is 23.3 Å². The van der Waals surface area contributed by atoms with Crippen LogP contribution in [0.5, 0.6) is 0 Å². The molecule has 0 amide bonds. The number of hydrogen-bond donors (Lipinski definition) is 0. The third kappa shape index (κ3) is 4.54. The maximum Gasteiger partial charge on any atom is 0.360 e. The standard InChI is InChI=1S/C18H29NO3/c1-13(2)9-10-15(14(3)20)16(21)22-19-17(4,5)11-8-12-18(19,6)7/h9-10H,8,11-12H2,1-7H3/b15-10-. The molecular weight excluding hydrogens is 278 g/mol. The second kappa shape index (κ2) is 6.78. The number of rotatable bonds is 4. The Morgan fingerprint density at radius 1 is 0.955 bits per heavy atom. The van der Waals surface area contributed by atoms with E-state index in [1.54, 1.807) is 17.2 Å². The minimum absolute atomic E-state index is 0.0818. The quantitative estimate of drug-likeness (QED) is 0.341. The molecule has 0 radical (unpaired) electrons. The van der Waals surface area contributed by atoms with Gasteiger partial charge in [-0.05, 0) is 73.8 Å². The molecule has 124 valence electrons. The molecule has 0 bridgehead atoms. The minimum atomic E-state index is -0.576. The van der Waals surface area contributed by atoms with Gasteiger partial charge in [0, 0.05) is 0 Å². The maximum absolute atomic E-state index is 12.5. The normalized spacial score (nSPS) is 21.1. The SMILES string of the molecule is CC(=O)/C(=C/C=C(C)C)C(=O)ON1C(C)(C)CCCC1(C)C. The van der Waals surface area contributed by atoms with Gasteiger partial charge in [-0.25, -0.2) is 4.79 Å². The van der Waals surface area contributed by atoms with Crippen LogP contribution in [0, 0.1) is 0 Å². The lowest BCUT2D eigenvalue weighted by atomic mass is 9.82. The highest BCUT2D eigenvalue weighted by molar-refractivity contribution is 6.16. The van der Waals surface area contributed by atoms with Crippen LogP contribution in [0.25, 0.3) is 0 Å². The van der Waals surface area contributed by atoms with Crippen molar-refractivity contribution in [3.63, 3.8) is 0 Å². The first-order chi connectivity index (χ1) is 9.97. The summed E-state index contributed by atoms with van der Waals surface area (Å²) in [5, 5.41) is 1.77. The van der Waals surface area contributed by atoms with Crippen LogP contribution in [0.15, 0.2) is 23.3 Å². The molecule has 0 aromatic rings. The first kappa shape index (κ1) is 18.6. The molecule has 1 fully saturated rings. The molecule has 1 saturated heterocycles. The first-order valence-corrected chi connectivity index (χ1v) is 7.86. The summed E-state index contributed by atoms with van der Waals surface area (Å²) in [6.45, 7) is 13.5. The largest absolute Gasteiger partial charge is 0.363 e. The van der Waals surface area contributed by atoms with Crippen LogP contribution in [0.2, 0.25) is 0 Å². The van der Waals surface area contributed by atoms with Gasteiger partial charge in [-0.1, -0.05) is 11.6 Å². The number of piperidine rings is 1. The second-order valence-corrected chi connectivity index (χ2v) is 7.53. The van der Waals surface area contributed by atoms with Gasteiger partial charge >= 0.3 is 5.97 Å². The van der Waals surface area contributed by atoms with E-state index in [9.17, 15) is 9.59 Å². The Morgan fingerprint density at radius 3 is 1.86 bits per heavy atom. The van der Waals surface area contributed by atoms with Gasteiger partial charge < -0.3 is 4.84 Å². The van der Waals surface area contributed by atoms with Gasteiger partial charge in [0.15, 0.2) is 5.78 Å². The van der Waals surface area contributed by atoms with Crippen molar-refractivity contribution in [2.75, 3.05) is 0 Å². The van der Waals surface area contributed by atoms with Gasteiger partial charge in [0.05, 0.1) is 11.1 Å². The molecule has 0 aliphatic carbocycles. The minimum Gasteiger partial charge on any atom is -0.363 e. The van der Waals surface area contributed by atoms with Crippen molar-refractivity contribution in [1.29, 1.82) is 0 Å². The molecule has 0 aromatic heterocycles. The van der Waals surface area contributed by atoms with Gasteiger partial charge in [0.2, 0.25) is 0 Å². The fourth-order valence-electron chi connectivity index (χ4n) is 2.93. The zero-order valence-electron chi connectivity index (χ0n) is 14.9. The second-order valence-electron chi connectivity index (χ2n) is 7.53. The molecule has 22 heavy (non-hydrogen) atoms. The van der Waals surface area contributed by atoms with Crippen molar-refractivity contribution in [1.82, 2.24) is 5.06 Å². The van der Waals surface area contributed by atoms with Crippen molar-refractivity contribution in [2.24, 2.45) is 0 Å². The summed E-state index contributed by atoms with van der Waals surface area (Å²) in [5.74, 6) is -0.858. The average Bonchev–Trinajstić information content (AvgIpc) is 2.32. The van der Waals surface area contributed by atoms with E-state index in [-0.39, 0.29) is 22.4 Å². The number of carbonyl (C=O) groups is 2. The lowest BCUT2D eigenvalue weighted by Gasteiger charge is -2.50. The van der Waals surface area contributed by atoms with Crippen molar-refractivity contribution >= 4 is 11.8 Å². The van der Waals surface area contributed by atoms with Crippen LogP contribution in [0.3, 0.4) is 0 Å². The molecule has 1 aliphatic heterocycles. The molecule has 0 aromatic carbocycles. The van der Waals surface area contributed by atoms with Crippen molar-refractivity contribution < 1.29 is 14.4 Å². The van der Waals surface area contributed by atoms with Crippen LogP contribution in [0.4, 0.5) is 0 Å². The average molecular weight is 307 g/mol. The van der Waals surface area contributed by atoms with Gasteiger partial charge in [-0.15, -0.1) is 5.06 Å². The Kier molecular flexibility index (Phi) is 5.74. The smallest absolute Gasteiger partial charge is 0.360 e. The van der Waals surface area contributed by atoms with Crippen LogP contribution in [-0.2, 0) is 14.4 Å². The summed E-state index contributed by atoms with van der Waals surface area (Å²) in [5.41, 5.74) is 0.620. The van der Waals surface area contributed by atoms with Gasteiger partial charge in [0.25, 0.3) is 0 Å². The molecule has 4 heteroatoms. The Bertz CT molecular complexity index is 492. The van der Waals surface area contributed by atoms with Crippen LogP contribution in [-0.4, -0.2) is 27.9 Å². The highest BCUT2D eigenvalue weighted by Crippen LogP contribution is 2.38. The third-order valence-electron chi connectivity index (χ3n) is 4.03. The van der Waals surface area contributed by atoms with Crippen LogP contribution < -0.4 is 0 Å². The number of Topliss-reactive ketones (excluding diaryl/α,β-unsaturated/α-hetero) is 1. The molecule has 0 N–H and O–H groups in total. The van der Waals surface area contributed by atoms with E-state index < -0.39 is 5.97 Å². The van der Waals surface area contributed by atoms with E-state index >= 15 is 0 Å². The Morgan fingerprint density at radius 2 is 1.45 bits per heavy atom. The molecular formula is C18H29NO3. The first-order valence-electron chi connectivity index (χ1n) is 7.86. The summed E-state index contributed by atoms with van der Waals surface area (Å²) >= 11 is 0. The van der Waals surface area contributed by atoms with E-state index in [0.717, 1.165) is 24.8 Å². The lowest BCUT2D eigenvalue weighted by molar-refractivity contribution is -0.262. The maximum atomic E-state index is 12.5. The molecule has 1 rings (SSSR count).